The average Bonchev–Trinajstić information content (AvgIpc) is 3.11. The maximum atomic E-state index is 13.9. The highest BCUT2D eigenvalue weighted by atomic mass is 19.1. The predicted molar refractivity (Wildman–Crippen MR) is 66.7 cm³/mol. The Morgan fingerprint density at radius 3 is 2.84 bits per heavy atom. The van der Waals surface area contributed by atoms with Crippen LogP contribution in [0.2, 0.25) is 0 Å². The van der Waals surface area contributed by atoms with E-state index in [-0.39, 0.29) is 12.2 Å². The Bertz CT molecular complexity index is 605. The van der Waals surface area contributed by atoms with E-state index in [1.165, 1.54) is 6.07 Å². The lowest BCUT2D eigenvalue weighted by Crippen LogP contribution is -2.15. The largest absolute Gasteiger partial charge is 0.459 e. The van der Waals surface area contributed by atoms with Gasteiger partial charge in [-0.3, -0.25) is 0 Å². The SMILES string of the molecule is COCc1c(CNC2CC2)oc2cc(F)cc(F)c12. The van der Waals surface area contributed by atoms with Gasteiger partial charge in [-0.1, -0.05) is 0 Å². The van der Waals surface area contributed by atoms with Crippen LogP contribution in [0.1, 0.15) is 24.2 Å². The van der Waals surface area contributed by atoms with Crippen molar-refractivity contribution in [1.29, 1.82) is 0 Å². The molecule has 1 N–H and O–H groups in total. The average molecular weight is 267 g/mol. The molecule has 5 heteroatoms. The number of rotatable bonds is 5. The van der Waals surface area contributed by atoms with Crippen molar-refractivity contribution in [2.45, 2.75) is 32.0 Å². The number of methoxy groups -OCH3 is 1. The molecule has 2 aromatic rings. The molecule has 0 amide bonds. The number of hydrogen-bond acceptors (Lipinski definition) is 3. The van der Waals surface area contributed by atoms with Gasteiger partial charge in [0.2, 0.25) is 0 Å². The third-order valence-corrected chi connectivity index (χ3v) is 3.31. The zero-order valence-corrected chi connectivity index (χ0v) is 10.6. The van der Waals surface area contributed by atoms with E-state index in [2.05, 4.69) is 5.32 Å². The number of ether oxygens (including phenoxy) is 1. The summed E-state index contributed by atoms with van der Waals surface area (Å²) in [5.74, 6) is -0.624. The molecule has 1 aromatic heterocycles. The minimum atomic E-state index is -0.635. The van der Waals surface area contributed by atoms with Crippen LogP contribution in [0, 0.1) is 11.6 Å². The van der Waals surface area contributed by atoms with Gasteiger partial charge in [0.1, 0.15) is 23.0 Å². The molecule has 0 atom stereocenters. The third kappa shape index (κ3) is 2.48. The summed E-state index contributed by atoms with van der Waals surface area (Å²) < 4.78 is 37.7. The van der Waals surface area contributed by atoms with Gasteiger partial charge in [0, 0.05) is 30.8 Å². The summed E-state index contributed by atoms with van der Waals surface area (Å²) in [6.45, 7) is 0.760. The smallest absolute Gasteiger partial charge is 0.140 e. The lowest BCUT2D eigenvalue weighted by atomic mass is 10.1. The Morgan fingerprint density at radius 2 is 2.16 bits per heavy atom. The minimum Gasteiger partial charge on any atom is -0.459 e. The van der Waals surface area contributed by atoms with Gasteiger partial charge in [-0.15, -0.1) is 0 Å². The van der Waals surface area contributed by atoms with Crippen LogP contribution < -0.4 is 5.32 Å². The van der Waals surface area contributed by atoms with E-state index >= 15 is 0 Å². The minimum absolute atomic E-state index is 0.233. The molecule has 3 nitrogen and oxygen atoms in total. The van der Waals surface area contributed by atoms with Crippen molar-refractivity contribution in [3.63, 3.8) is 0 Å². The van der Waals surface area contributed by atoms with Gasteiger partial charge < -0.3 is 14.5 Å². The van der Waals surface area contributed by atoms with Crippen LogP contribution in [0.3, 0.4) is 0 Å². The van der Waals surface area contributed by atoms with Crippen LogP contribution in [-0.4, -0.2) is 13.2 Å². The maximum Gasteiger partial charge on any atom is 0.140 e. The Kier molecular flexibility index (Phi) is 3.24. The predicted octanol–water partition coefficient (Wildman–Crippen LogP) is 3.11. The molecule has 0 unspecified atom stereocenters. The molecule has 0 spiro atoms. The number of halogens is 2. The summed E-state index contributed by atoms with van der Waals surface area (Å²) in [6.07, 6.45) is 2.31. The fourth-order valence-corrected chi connectivity index (χ4v) is 2.22. The molecular formula is C14H15F2NO2. The number of fused-ring (bicyclic) bond motifs is 1. The molecule has 1 aliphatic rings. The second-order valence-electron chi connectivity index (χ2n) is 4.85. The highest BCUT2D eigenvalue weighted by Crippen LogP contribution is 2.30. The Morgan fingerprint density at radius 1 is 1.37 bits per heavy atom. The molecule has 0 aliphatic heterocycles. The molecule has 102 valence electrons. The Hall–Kier alpha value is -1.46. The number of nitrogens with one attached hydrogen (secondary N) is 1. The molecule has 1 aromatic carbocycles. The van der Waals surface area contributed by atoms with Crippen molar-refractivity contribution in [3.8, 4) is 0 Å². The first-order chi connectivity index (χ1) is 9.19. The molecule has 0 bridgehead atoms. The quantitative estimate of drug-likeness (QED) is 0.904. The fraction of sp³-hybridized carbons (Fsp3) is 0.429. The zero-order chi connectivity index (χ0) is 13.4. The topological polar surface area (TPSA) is 34.4 Å². The summed E-state index contributed by atoms with van der Waals surface area (Å²) in [5.41, 5.74) is 0.889. The van der Waals surface area contributed by atoms with Crippen molar-refractivity contribution < 1.29 is 17.9 Å². The zero-order valence-electron chi connectivity index (χ0n) is 10.6. The van der Waals surface area contributed by atoms with Gasteiger partial charge >= 0.3 is 0 Å². The molecule has 0 radical (unpaired) electrons. The van der Waals surface area contributed by atoms with E-state index in [0.29, 0.717) is 29.3 Å². The van der Waals surface area contributed by atoms with Crippen molar-refractivity contribution >= 4 is 11.0 Å². The van der Waals surface area contributed by atoms with E-state index in [1.54, 1.807) is 7.11 Å². The Balaban J connectivity index is 2.03. The lowest BCUT2D eigenvalue weighted by molar-refractivity contribution is 0.183. The molecular weight excluding hydrogens is 252 g/mol. The van der Waals surface area contributed by atoms with Crippen molar-refractivity contribution in [2.75, 3.05) is 7.11 Å². The standard InChI is InChI=1S/C14H15F2NO2/c1-18-7-10-13(6-17-9-2-3-9)19-12-5-8(15)4-11(16)14(10)12/h4-5,9,17H,2-3,6-7H2,1H3. The van der Waals surface area contributed by atoms with Gasteiger partial charge in [0.05, 0.1) is 18.5 Å². The van der Waals surface area contributed by atoms with Gasteiger partial charge in [-0.05, 0) is 12.8 Å². The fourth-order valence-electron chi connectivity index (χ4n) is 2.22. The Labute approximate surface area is 109 Å². The second-order valence-corrected chi connectivity index (χ2v) is 4.85. The van der Waals surface area contributed by atoms with Crippen molar-refractivity contribution in [1.82, 2.24) is 5.32 Å². The van der Waals surface area contributed by atoms with E-state index in [9.17, 15) is 8.78 Å². The van der Waals surface area contributed by atoms with Gasteiger partial charge in [-0.2, -0.15) is 0 Å². The third-order valence-electron chi connectivity index (χ3n) is 3.31. The van der Waals surface area contributed by atoms with E-state index in [0.717, 1.165) is 18.9 Å². The summed E-state index contributed by atoms with van der Waals surface area (Å²) >= 11 is 0. The van der Waals surface area contributed by atoms with Gasteiger partial charge in [-0.25, -0.2) is 8.78 Å². The van der Waals surface area contributed by atoms with Crippen molar-refractivity contribution in [3.05, 3.63) is 35.1 Å². The van der Waals surface area contributed by atoms with Crippen LogP contribution in [0.5, 0.6) is 0 Å². The van der Waals surface area contributed by atoms with Crippen molar-refractivity contribution in [2.24, 2.45) is 0 Å². The second kappa shape index (κ2) is 4.90. The molecule has 1 fully saturated rings. The molecule has 1 saturated carbocycles. The molecule has 3 rings (SSSR count). The van der Waals surface area contributed by atoms with E-state index in [1.807, 2.05) is 0 Å². The monoisotopic (exact) mass is 267 g/mol. The van der Waals surface area contributed by atoms with Crippen LogP contribution in [0.25, 0.3) is 11.0 Å². The van der Waals surface area contributed by atoms with Crippen LogP contribution in [-0.2, 0) is 17.9 Å². The molecule has 1 aliphatic carbocycles. The lowest BCUT2D eigenvalue weighted by Gasteiger charge is -2.03. The van der Waals surface area contributed by atoms with E-state index < -0.39 is 11.6 Å². The normalized spacial score (nSPS) is 15.3. The first-order valence-corrected chi connectivity index (χ1v) is 6.30. The first-order valence-electron chi connectivity index (χ1n) is 6.30. The molecule has 0 saturated heterocycles. The van der Waals surface area contributed by atoms with Gasteiger partial charge in [0.25, 0.3) is 0 Å². The number of benzene rings is 1. The van der Waals surface area contributed by atoms with Gasteiger partial charge in [0.15, 0.2) is 0 Å². The van der Waals surface area contributed by atoms with Crippen LogP contribution in [0.4, 0.5) is 8.78 Å². The number of furan rings is 1. The van der Waals surface area contributed by atoms with Crippen LogP contribution in [0.15, 0.2) is 16.5 Å². The first kappa shape index (κ1) is 12.6. The summed E-state index contributed by atoms with van der Waals surface area (Å²) in [7, 11) is 1.54. The summed E-state index contributed by atoms with van der Waals surface area (Å²) in [5, 5.41) is 3.62. The van der Waals surface area contributed by atoms with Crippen LogP contribution >= 0.6 is 0 Å². The summed E-state index contributed by atoms with van der Waals surface area (Å²) in [4.78, 5) is 0. The maximum absolute atomic E-state index is 13.9. The highest BCUT2D eigenvalue weighted by Gasteiger charge is 2.23. The number of hydrogen-bond donors (Lipinski definition) is 1. The molecule has 19 heavy (non-hydrogen) atoms. The highest BCUT2D eigenvalue weighted by molar-refractivity contribution is 5.83. The molecule has 1 heterocycles. The summed E-state index contributed by atoms with van der Waals surface area (Å²) in [6, 6.07) is 2.60. The van der Waals surface area contributed by atoms with E-state index in [4.69, 9.17) is 9.15 Å².